The average molecular weight is 348 g/mol. The number of carboxylic acids is 1. The van der Waals surface area contributed by atoms with Crippen LogP contribution in [0.5, 0.6) is 11.5 Å². The van der Waals surface area contributed by atoms with Crippen LogP contribution in [-0.4, -0.2) is 37.5 Å². The molecule has 1 unspecified atom stereocenters. The van der Waals surface area contributed by atoms with Crippen LogP contribution < -0.4 is 9.47 Å². The van der Waals surface area contributed by atoms with Gasteiger partial charge < -0.3 is 19.3 Å². The van der Waals surface area contributed by atoms with Gasteiger partial charge in [-0.25, -0.2) is 4.79 Å². The highest BCUT2D eigenvalue weighted by molar-refractivity contribution is 7.80. The second-order valence-corrected chi connectivity index (χ2v) is 5.62. The Balaban J connectivity index is 1.76. The second-order valence-electron chi connectivity index (χ2n) is 5.10. The minimum atomic E-state index is -0.972. The normalized spacial score (nSPS) is 11.8. The number of methoxy groups -OCH3 is 1. The van der Waals surface area contributed by atoms with Gasteiger partial charge in [-0.15, -0.1) is 12.6 Å². The van der Waals surface area contributed by atoms with Crippen molar-refractivity contribution in [3.8, 4) is 11.5 Å². The zero-order valence-electron chi connectivity index (χ0n) is 13.3. The van der Waals surface area contributed by atoms with E-state index in [0.29, 0.717) is 25.4 Å². The van der Waals surface area contributed by atoms with Gasteiger partial charge in [-0.3, -0.25) is 0 Å². The fourth-order valence-corrected chi connectivity index (χ4v) is 2.31. The molecule has 0 aliphatic heterocycles. The Morgan fingerprint density at radius 1 is 1.08 bits per heavy atom. The molecule has 0 saturated carbocycles. The third-order valence-electron chi connectivity index (χ3n) is 3.34. The summed E-state index contributed by atoms with van der Waals surface area (Å²) in [6.07, 6.45) is -0.525. The van der Waals surface area contributed by atoms with Crippen molar-refractivity contribution >= 4 is 18.6 Å². The van der Waals surface area contributed by atoms with E-state index < -0.39 is 12.1 Å². The first kappa shape index (κ1) is 18.2. The summed E-state index contributed by atoms with van der Waals surface area (Å²) in [7, 11) is 1.39. The van der Waals surface area contributed by atoms with Crippen LogP contribution >= 0.6 is 12.6 Å². The van der Waals surface area contributed by atoms with E-state index in [1.165, 1.54) is 7.11 Å². The smallest absolute Gasteiger partial charge is 0.333 e. The van der Waals surface area contributed by atoms with Gasteiger partial charge in [0.05, 0.1) is 0 Å². The molecule has 2 aromatic rings. The van der Waals surface area contributed by atoms with E-state index in [2.05, 4.69) is 12.6 Å². The van der Waals surface area contributed by atoms with E-state index in [1.807, 2.05) is 36.4 Å². The van der Waals surface area contributed by atoms with Gasteiger partial charge in [0, 0.05) is 18.4 Å². The summed E-state index contributed by atoms with van der Waals surface area (Å²) in [6, 6.07) is 14.7. The Labute approximate surface area is 146 Å². The standard InChI is InChI=1S/C18H20O5S/c1-21-17(18(19)20)11-13-5-7-14(8-6-13)22-9-10-23-15-3-2-4-16(24)12-15/h2-8,12,17,24H,9-11H2,1H3,(H,19,20). The fraction of sp³-hybridized carbons (Fsp3) is 0.278. The number of benzene rings is 2. The van der Waals surface area contributed by atoms with Gasteiger partial charge in [0.15, 0.2) is 6.10 Å². The third kappa shape index (κ3) is 5.79. The average Bonchev–Trinajstić information content (AvgIpc) is 2.57. The van der Waals surface area contributed by atoms with Crippen LogP contribution in [0.1, 0.15) is 5.56 Å². The molecule has 0 fully saturated rings. The molecule has 0 aliphatic rings. The number of thiol groups is 1. The van der Waals surface area contributed by atoms with Gasteiger partial charge >= 0.3 is 5.97 Å². The van der Waals surface area contributed by atoms with Crippen LogP contribution in [0, 0.1) is 0 Å². The Kier molecular flexibility index (Phi) is 6.96. The van der Waals surface area contributed by atoms with Crippen molar-refractivity contribution in [1.82, 2.24) is 0 Å². The lowest BCUT2D eigenvalue weighted by Crippen LogP contribution is -2.24. The van der Waals surface area contributed by atoms with Crippen LogP contribution in [0.3, 0.4) is 0 Å². The van der Waals surface area contributed by atoms with E-state index in [-0.39, 0.29) is 0 Å². The maximum absolute atomic E-state index is 10.9. The van der Waals surface area contributed by atoms with Crippen LogP contribution in [0.25, 0.3) is 0 Å². The molecule has 0 saturated heterocycles. The Bertz CT molecular complexity index is 657. The predicted octanol–water partition coefficient (Wildman–Crippen LogP) is 3.08. The zero-order chi connectivity index (χ0) is 17.4. The number of hydrogen-bond acceptors (Lipinski definition) is 5. The number of rotatable bonds is 9. The minimum Gasteiger partial charge on any atom is -0.490 e. The van der Waals surface area contributed by atoms with E-state index in [1.54, 1.807) is 12.1 Å². The Morgan fingerprint density at radius 2 is 1.75 bits per heavy atom. The molecule has 2 aromatic carbocycles. The zero-order valence-corrected chi connectivity index (χ0v) is 14.2. The summed E-state index contributed by atoms with van der Waals surface area (Å²) in [5, 5.41) is 8.98. The van der Waals surface area contributed by atoms with Gasteiger partial charge in [-0.1, -0.05) is 18.2 Å². The molecular weight excluding hydrogens is 328 g/mol. The predicted molar refractivity (Wildman–Crippen MR) is 93.3 cm³/mol. The summed E-state index contributed by atoms with van der Waals surface area (Å²) >= 11 is 4.25. The van der Waals surface area contributed by atoms with E-state index in [9.17, 15) is 4.79 Å². The van der Waals surface area contributed by atoms with Crippen molar-refractivity contribution in [3.05, 3.63) is 54.1 Å². The van der Waals surface area contributed by atoms with Crippen LogP contribution in [0.4, 0.5) is 0 Å². The van der Waals surface area contributed by atoms with Crippen LogP contribution in [0.2, 0.25) is 0 Å². The van der Waals surface area contributed by atoms with Crippen molar-refractivity contribution in [2.45, 2.75) is 17.4 Å². The highest BCUT2D eigenvalue weighted by Gasteiger charge is 2.16. The minimum absolute atomic E-state index is 0.315. The van der Waals surface area contributed by atoms with Gasteiger partial charge in [0.2, 0.25) is 0 Å². The maximum atomic E-state index is 10.9. The van der Waals surface area contributed by atoms with Crippen molar-refractivity contribution < 1.29 is 24.1 Å². The summed E-state index contributed by atoms with van der Waals surface area (Å²) in [4.78, 5) is 11.8. The molecule has 5 nitrogen and oxygen atoms in total. The van der Waals surface area contributed by atoms with E-state index in [0.717, 1.165) is 16.2 Å². The molecule has 128 valence electrons. The summed E-state index contributed by atoms with van der Waals surface area (Å²) in [6.45, 7) is 0.829. The van der Waals surface area contributed by atoms with Crippen LogP contribution in [0.15, 0.2) is 53.4 Å². The van der Waals surface area contributed by atoms with Crippen molar-refractivity contribution in [3.63, 3.8) is 0 Å². The quantitative estimate of drug-likeness (QED) is 0.539. The molecule has 1 atom stereocenters. The van der Waals surface area contributed by atoms with Crippen molar-refractivity contribution in [2.75, 3.05) is 20.3 Å². The van der Waals surface area contributed by atoms with Gasteiger partial charge in [0.25, 0.3) is 0 Å². The molecule has 6 heteroatoms. The van der Waals surface area contributed by atoms with Crippen LogP contribution in [-0.2, 0) is 16.0 Å². The molecule has 2 rings (SSSR count). The first-order valence-corrected chi connectivity index (χ1v) is 7.92. The molecule has 1 N–H and O–H groups in total. The number of carboxylic acid groups (broad SMARTS) is 1. The molecule has 0 aliphatic carbocycles. The first-order chi connectivity index (χ1) is 11.6. The van der Waals surface area contributed by atoms with Gasteiger partial charge in [0.1, 0.15) is 24.7 Å². The highest BCUT2D eigenvalue weighted by Crippen LogP contribution is 2.17. The molecule has 0 aromatic heterocycles. The second kappa shape index (κ2) is 9.20. The monoisotopic (exact) mass is 348 g/mol. The highest BCUT2D eigenvalue weighted by atomic mass is 32.1. The van der Waals surface area contributed by atoms with Crippen molar-refractivity contribution in [2.24, 2.45) is 0 Å². The number of hydrogen-bond donors (Lipinski definition) is 2. The van der Waals surface area contributed by atoms with Crippen molar-refractivity contribution in [1.29, 1.82) is 0 Å². The lowest BCUT2D eigenvalue weighted by molar-refractivity contribution is -0.148. The maximum Gasteiger partial charge on any atom is 0.333 e. The molecule has 0 heterocycles. The van der Waals surface area contributed by atoms with Gasteiger partial charge in [-0.2, -0.15) is 0 Å². The third-order valence-corrected chi connectivity index (χ3v) is 3.62. The summed E-state index contributed by atoms with van der Waals surface area (Å²) in [5.41, 5.74) is 0.874. The lowest BCUT2D eigenvalue weighted by Gasteiger charge is -2.11. The molecule has 0 amide bonds. The lowest BCUT2D eigenvalue weighted by atomic mass is 10.1. The molecule has 0 spiro atoms. The number of aliphatic carboxylic acids is 1. The largest absolute Gasteiger partial charge is 0.490 e. The molecule has 0 bridgehead atoms. The molecular formula is C18H20O5S. The SMILES string of the molecule is COC(Cc1ccc(OCCOc2cccc(S)c2)cc1)C(=O)O. The number of ether oxygens (including phenoxy) is 3. The number of carbonyl (C=O) groups is 1. The Morgan fingerprint density at radius 3 is 2.33 bits per heavy atom. The topological polar surface area (TPSA) is 65.0 Å². The molecule has 0 radical (unpaired) electrons. The molecule has 24 heavy (non-hydrogen) atoms. The summed E-state index contributed by atoms with van der Waals surface area (Å²) < 4.78 is 16.1. The van der Waals surface area contributed by atoms with E-state index >= 15 is 0 Å². The van der Waals surface area contributed by atoms with E-state index in [4.69, 9.17) is 19.3 Å². The first-order valence-electron chi connectivity index (χ1n) is 7.47. The fourth-order valence-electron chi connectivity index (χ4n) is 2.10. The Hall–Kier alpha value is -2.18. The van der Waals surface area contributed by atoms with Gasteiger partial charge in [-0.05, 0) is 35.9 Å². The summed E-state index contributed by atoms with van der Waals surface area (Å²) in [5.74, 6) is 0.482.